The molecule has 5 amide bonds. The lowest BCUT2D eigenvalue weighted by atomic mass is 10.2. The van der Waals surface area contributed by atoms with E-state index < -0.39 is 36.1 Å². The fraction of sp³-hybridized carbons (Fsp3) is 0.412. The van der Waals surface area contributed by atoms with Crippen molar-refractivity contribution in [1.82, 2.24) is 9.80 Å². The third-order valence-corrected chi connectivity index (χ3v) is 4.55. The van der Waals surface area contributed by atoms with Gasteiger partial charge in [-0.2, -0.15) is 0 Å². The molecule has 0 spiro atoms. The van der Waals surface area contributed by atoms with Crippen LogP contribution in [0, 0.1) is 12.7 Å². The average molecular weight is 347 g/mol. The van der Waals surface area contributed by atoms with E-state index in [1.165, 1.54) is 12.1 Å². The number of benzene rings is 1. The number of aryl methyl sites for hydroxylation is 1. The van der Waals surface area contributed by atoms with Crippen molar-refractivity contribution in [3.63, 3.8) is 0 Å². The molecule has 1 N–H and O–H groups in total. The summed E-state index contributed by atoms with van der Waals surface area (Å²) >= 11 is 0. The van der Waals surface area contributed by atoms with Gasteiger partial charge in [0, 0.05) is 11.7 Å². The second-order valence-corrected chi connectivity index (χ2v) is 6.29. The Balaban J connectivity index is 1.70. The first-order valence-electron chi connectivity index (χ1n) is 8.13. The van der Waals surface area contributed by atoms with E-state index in [1.807, 2.05) is 0 Å². The largest absolute Gasteiger partial charge is 0.334 e. The second-order valence-electron chi connectivity index (χ2n) is 6.29. The molecule has 7 nitrogen and oxygen atoms in total. The van der Waals surface area contributed by atoms with Crippen LogP contribution in [0.15, 0.2) is 18.2 Å². The molecule has 2 aliphatic rings. The molecule has 1 saturated carbocycles. The summed E-state index contributed by atoms with van der Waals surface area (Å²) in [5.74, 6) is -3.07. The summed E-state index contributed by atoms with van der Waals surface area (Å²) in [6.07, 6.45) is 3.14. The average Bonchev–Trinajstić information content (AvgIpc) is 3.15. The summed E-state index contributed by atoms with van der Waals surface area (Å²) in [7, 11) is 0. The number of rotatable bonds is 4. The highest BCUT2D eigenvalue weighted by Gasteiger charge is 2.48. The number of imide groups is 2. The minimum Gasteiger partial charge on any atom is -0.324 e. The van der Waals surface area contributed by atoms with Crippen molar-refractivity contribution < 1.29 is 23.6 Å². The first-order valence-corrected chi connectivity index (χ1v) is 8.13. The van der Waals surface area contributed by atoms with Gasteiger partial charge in [0.2, 0.25) is 5.91 Å². The van der Waals surface area contributed by atoms with E-state index in [0.29, 0.717) is 23.3 Å². The summed E-state index contributed by atoms with van der Waals surface area (Å²) in [6.45, 7) is 1.11. The van der Waals surface area contributed by atoms with Gasteiger partial charge < -0.3 is 5.32 Å². The Hall–Kier alpha value is -2.77. The van der Waals surface area contributed by atoms with Crippen molar-refractivity contribution >= 4 is 29.4 Å². The van der Waals surface area contributed by atoms with Gasteiger partial charge in [0.25, 0.3) is 0 Å². The van der Waals surface area contributed by atoms with Gasteiger partial charge in [-0.25, -0.2) is 14.1 Å². The second kappa shape index (κ2) is 6.62. The molecule has 3 rings (SSSR count). The standard InChI is InChI=1S/C17H18FN3O4/c1-10-6-7-11(18)8-13(10)19-14(22)9-20-15(23)16(24)21(17(20)25)12-4-2-3-5-12/h6-8,12H,2-5,9H2,1H3,(H,19,22). The Morgan fingerprint density at radius 2 is 1.88 bits per heavy atom. The Kier molecular flexibility index (Phi) is 4.52. The molecule has 132 valence electrons. The van der Waals surface area contributed by atoms with Gasteiger partial charge in [0.05, 0.1) is 0 Å². The van der Waals surface area contributed by atoms with Crippen molar-refractivity contribution in [3.8, 4) is 0 Å². The highest BCUT2D eigenvalue weighted by molar-refractivity contribution is 6.45. The van der Waals surface area contributed by atoms with Crippen molar-refractivity contribution in [2.75, 3.05) is 11.9 Å². The molecule has 8 heteroatoms. The molecule has 0 atom stereocenters. The number of amides is 5. The van der Waals surface area contributed by atoms with Crippen LogP contribution >= 0.6 is 0 Å². The van der Waals surface area contributed by atoms with Crippen LogP contribution in [0.2, 0.25) is 0 Å². The zero-order valence-electron chi connectivity index (χ0n) is 13.8. The highest BCUT2D eigenvalue weighted by atomic mass is 19.1. The van der Waals surface area contributed by atoms with Gasteiger partial charge in [-0.05, 0) is 37.5 Å². The summed E-state index contributed by atoms with van der Waals surface area (Å²) in [5, 5.41) is 2.46. The molecule has 1 aromatic carbocycles. The predicted octanol–water partition coefficient (Wildman–Crippen LogP) is 1.81. The van der Waals surface area contributed by atoms with Crippen molar-refractivity contribution in [1.29, 1.82) is 0 Å². The topological polar surface area (TPSA) is 86.8 Å². The zero-order chi connectivity index (χ0) is 18.1. The maximum absolute atomic E-state index is 13.3. The summed E-state index contributed by atoms with van der Waals surface area (Å²) in [6, 6.07) is 2.88. The Morgan fingerprint density at radius 1 is 1.20 bits per heavy atom. The number of anilines is 1. The molecule has 1 heterocycles. The minimum atomic E-state index is -0.997. The molecule has 0 bridgehead atoms. The molecule has 0 unspecified atom stereocenters. The Bertz CT molecular complexity index is 758. The van der Waals surface area contributed by atoms with Crippen LogP contribution in [-0.2, 0) is 14.4 Å². The molecule has 1 aliphatic heterocycles. The third-order valence-electron chi connectivity index (χ3n) is 4.55. The third kappa shape index (κ3) is 3.24. The highest BCUT2D eigenvalue weighted by Crippen LogP contribution is 2.27. The summed E-state index contributed by atoms with van der Waals surface area (Å²) < 4.78 is 13.3. The number of nitrogens with zero attached hydrogens (tertiary/aromatic N) is 2. The molecule has 2 fully saturated rings. The lowest BCUT2D eigenvalue weighted by molar-refractivity contribution is -0.144. The van der Waals surface area contributed by atoms with Crippen LogP contribution in [0.25, 0.3) is 0 Å². The van der Waals surface area contributed by atoms with Gasteiger partial charge in [-0.15, -0.1) is 0 Å². The Morgan fingerprint density at radius 3 is 2.56 bits per heavy atom. The number of carbonyl (C=O) groups is 4. The van der Waals surface area contributed by atoms with Gasteiger partial charge in [-0.1, -0.05) is 18.9 Å². The van der Waals surface area contributed by atoms with E-state index in [4.69, 9.17) is 0 Å². The minimum absolute atomic E-state index is 0.253. The van der Waals surface area contributed by atoms with Gasteiger partial charge in [0.15, 0.2) is 0 Å². The quantitative estimate of drug-likeness (QED) is 0.665. The molecule has 25 heavy (non-hydrogen) atoms. The van der Waals surface area contributed by atoms with Crippen LogP contribution in [0.5, 0.6) is 0 Å². The normalized spacial score (nSPS) is 18.4. The lowest BCUT2D eigenvalue weighted by Crippen LogP contribution is -2.41. The summed E-state index contributed by atoms with van der Waals surface area (Å²) in [4.78, 5) is 50.3. The molecule has 1 aromatic rings. The monoisotopic (exact) mass is 347 g/mol. The fourth-order valence-electron chi connectivity index (χ4n) is 3.21. The van der Waals surface area contributed by atoms with Crippen LogP contribution in [-0.4, -0.2) is 46.1 Å². The van der Waals surface area contributed by atoms with E-state index in [-0.39, 0.29) is 11.7 Å². The number of halogens is 1. The molecule has 1 saturated heterocycles. The first kappa shape index (κ1) is 17.1. The summed E-state index contributed by atoms with van der Waals surface area (Å²) in [5.41, 5.74) is 0.889. The number of hydrogen-bond acceptors (Lipinski definition) is 4. The number of urea groups is 1. The van der Waals surface area contributed by atoms with Crippen LogP contribution in [0.1, 0.15) is 31.2 Å². The van der Waals surface area contributed by atoms with E-state index in [2.05, 4.69) is 5.32 Å². The van der Waals surface area contributed by atoms with Crippen molar-refractivity contribution in [2.24, 2.45) is 0 Å². The molecule has 1 aliphatic carbocycles. The smallest absolute Gasteiger partial charge is 0.324 e. The van der Waals surface area contributed by atoms with Gasteiger partial charge in [0.1, 0.15) is 12.4 Å². The van der Waals surface area contributed by atoms with Crippen LogP contribution in [0.4, 0.5) is 14.9 Å². The van der Waals surface area contributed by atoms with Crippen molar-refractivity contribution in [3.05, 3.63) is 29.6 Å². The molecular weight excluding hydrogens is 329 g/mol. The number of carbonyl (C=O) groups excluding carboxylic acids is 4. The van der Waals surface area contributed by atoms with E-state index in [9.17, 15) is 23.6 Å². The van der Waals surface area contributed by atoms with Gasteiger partial charge in [-0.3, -0.25) is 19.3 Å². The maximum atomic E-state index is 13.3. The zero-order valence-corrected chi connectivity index (χ0v) is 13.8. The lowest BCUT2D eigenvalue weighted by Gasteiger charge is -2.21. The SMILES string of the molecule is Cc1ccc(F)cc1NC(=O)CN1C(=O)C(=O)N(C2CCCC2)C1=O. The first-order chi connectivity index (χ1) is 11.9. The fourth-order valence-corrected chi connectivity index (χ4v) is 3.21. The molecule has 0 radical (unpaired) electrons. The van der Waals surface area contributed by atoms with Crippen LogP contribution < -0.4 is 5.32 Å². The van der Waals surface area contributed by atoms with Crippen molar-refractivity contribution in [2.45, 2.75) is 38.6 Å². The van der Waals surface area contributed by atoms with Crippen LogP contribution in [0.3, 0.4) is 0 Å². The number of nitrogens with one attached hydrogen (secondary N) is 1. The van der Waals surface area contributed by atoms with E-state index in [1.54, 1.807) is 6.92 Å². The van der Waals surface area contributed by atoms with E-state index in [0.717, 1.165) is 23.8 Å². The van der Waals surface area contributed by atoms with E-state index >= 15 is 0 Å². The number of hydrogen-bond donors (Lipinski definition) is 1. The molecule has 0 aromatic heterocycles. The molecular formula is C17H18FN3O4. The predicted molar refractivity (Wildman–Crippen MR) is 86.0 cm³/mol. The van der Waals surface area contributed by atoms with Gasteiger partial charge >= 0.3 is 17.8 Å². The Labute approximate surface area is 143 Å². The maximum Gasteiger partial charge on any atom is 0.334 e.